The second kappa shape index (κ2) is 5.80. The van der Waals surface area contributed by atoms with Crippen molar-refractivity contribution in [2.24, 2.45) is 0 Å². The van der Waals surface area contributed by atoms with Gasteiger partial charge in [-0.1, -0.05) is 0 Å². The number of methoxy groups -OCH3 is 1. The summed E-state index contributed by atoms with van der Waals surface area (Å²) in [5.41, 5.74) is 0.520. The predicted molar refractivity (Wildman–Crippen MR) is 63.1 cm³/mol. The lowest BCUT2D eigenvalue weighted by atomic mass is 10.0. The predicted octanol–water partition coefficient (Wildman–Crippen LogP) is 3.21. The Kier molecular flexibility index (Phi) is 4.64. The molecular formula is C13H16F2O3. The zero-order valence-corrected chi connectivity index (χ0v) is 10.4. The molecule has 1 aromatic carbocycles. The van der Waals surface area contributed by atoms with Gasteiger partial charge >= 0.3 is 5.97 Å². The highest BCUT2D eigenvalue weighted by atomic mass is 19.3. The molecule has 0 spiro atoms. The van der Waals surface area contributed by atoms with Gasteiger partial charge < -0.3 is 9.84 Å². The van der Waals surface area contributed by atoms with Crippen LogP contribution in [0.1, 0.15) is 30.9 Å². The Morgan fingerprint density at radius 2 is 2.11 bits per heavy atom. The van der Waals surface area contributed by atoms with Crippen LogP contribution in [0, 0.1) is 0 Å². The van der Waals surface area contributed by atoms with E-state index in [9.17, 15) is 13.6 Å². The number of carbonyl (C=O) groups is 1. The van der Waals surface area contributed by atoms with E-state index < -0.39 is 11.9 Å². The van der Waals surface area contributed by atoms with E-state index in [1.165, 1.54) is 25.3 Å². The van der Waals surface area contributed by atoms with E-state index in [4.69, 9.17) is 9.84 Å². The van der Waals surface area contributed by atoms with Crippen LogP contribution in [0.4, 0.5) is 8.78 Å². The monoisotopic (exact) mass is 258 g/mol. The van der Waals surface area contributed by atoms with Crippen LogP contribution in [0.2, 0.25) is 0 Å². The lowest BCUT2D eigenvalue weighted by molar-refractivity contribution is -0.137. The van der Waals surface area contributed by atoms with Crippen LogP contribution in [0.15, 0.2) is 18.2 Å². The van der Waals surface area contributed by atoms with Crippen LogP contribution < -0.4 is 4.74 Å². The fourth-order valence-corrected chi connectivity index (χ4v) is 1.68. The summed E-state index contributed by atoms with van der Waals surface area (Å²) < 4.78 is 31.4. The highest BCUT2D eigenvalue weighted by Crippen LogP contribution is 2.31. The van der Waals surface area contributed by atoms with Gasteiger partial charge in [0.05, 0.1) is 7.11 Å². The zero-order chi connectivity index (χ0) is 13.8. The van der Waals surface area contributed by atoms with Crippen molar-refractivity contribution in [3.63, 3.8) is 0 Å². The van der Waals surface area contributed by atoms with Crippen molar-refractivity contribution >= 4 is 5.97 Å². The van der Waals surface area contributed by atoms with E-state index in [2.05, 4.69) is 0 Å². The number of rotatable bonds is 6. The summed E-state index contributed by atoms with van der Waals surface area (Å²) in [6.45, 7) is 0.829. The minimum absolute atomic E-state index is 0.00982. The molecule has 0 atom stereocenters. The number of aliphatic carboxylic acids is 1. The van der Waals surface area contributed by atoms with Gasteiger partial charge in [-0.05, 0) is 36.6 Å². The van der Waals surface area contributed by atoms with E-state index in [1.54, 1.807) is 0 Å². The molecule has 1 N–H and O–H groups in total. The smallest absolute Gasteiger partial charge is 0.303 e. The first kappa shape index (κ1) is 14.4. The molecule has 0 heterocycles. The summed E-state index contributed by atoms with van der Waals surface area (Å²) in [5.74, 6) is -3.30. The Morgan fingerprint density at radius 3 is 2.61 bits per heavy atom. The molecule has 100 valence electrons. The third kappa shape index (κ3) is 3.98. The van der Waals surface area contributed by atoms with Gasteiger partial charge in [-0.15, -0.1) is 0 Å². The summed E-state index contributed by atoms with van der Waals surface area (Å²) in [6.07, 6.45) is 0.805. The second-order valence-electron chi connectivity index (χ2n) is 4.16. The molecule has 0 saturated heterocycles. The third-order valence-electron chi connectivity index (χ3n) is 2.62. The van der Waals surface area contributed by atoms with Gasteiger partial charge in [0.25, 0.3) is 5.92 Å². The Bertz CT molecular complexity index is 425. The molecule has 0 fully saturated rings. The highest BCUT2D eigenvalue weighted by Gasteiger charge is 2.25. The van der Waals surface area contributed by atoms with Gasteiger partial charge in [-0.2, -0.15) is 0 Å². The van der Waals surface area contributed by atoms with E-state index >= 15 is 0 Å². The molecule has 0 amide bonds. The van der Waals surface area contributed by atoms with Gasteiger partial charge in [0.2, 0.25) is 0 Å². The van der Waals surface area contributed by atoms with Crippen molar-refractivity contribution in [3.05, 3.63) is 29.3 Å². The van der Waals surface area contributed by atoms with Gasteiger partial charge in [0, 0.05) is 18.9 Å². The van der Waals surface area contributed by atoms with Crippen molar-refractivity contribution in [3.8, 4) is 5.75 Å². The van der Waals surface area contributed by atoms with E-state index in [1.807, 2.05) is 0 Å². The summed E-state index contributed by atoms with van der Waals surface area (Å²) in [5, 5.41) is 8.55. The summed E-state index contributed by atoms with van der Waals surface area (Å²) >= 11 is 0. The van der Waals surface area contributed by atoms with Crippen LogP contribution in [0.3, 0.4) is 0 Å². The summed E-state index contributed by atoms with van der Waals surface area (Å²) in [6, 6.07) is 4.18. The van der Waals surface area contributed by atoms with Gasteiger partial charge in [0.15, 0.2) is 0 Å². The molecule has 0 aromatic heterocycles. The lowest BCUT2D eigenvalue weighted by Gasteiger charge is -2.14. The van der Waals surface area contributed by atoms with Crippen LogP contribution in [0.5, 0.6) is 5.75 Å². The first-order valence-electron chi connectivity index (χ1n) is 5.61. The fourth-order valence-electron chi connectivity index (χ4n) is 1.68. The molecule has 0 radical (unpaired) electrons. The number of benzene rings is 1. The van der Waals surface area contributed by atoms with Crippen molar-refractivity contribution in [2.75, 3.05) is 7.11 Å². The number of hydrogen-bond donors (Lipinski definition) is 1. The quantitative estimate of drug-likeness (QED) is 0.852. The first-order chi connectivity index (χ1) is 8.34. The van der Waals surface area contributed by atoms with Gasteiger partial charge in [0.1, 0.15) is 5.75 Å². The molecular weight excluding hydrogens is 242 g/mol. The molecule has 0 aliphatic heterocycles. The molecule has 18 heavy (non-hydrogen) atoms. The molecule has 0 bridgehead atoms. The number of ether oxygens (including phenoxy) is 1. The van der Waals surface area contributed by atoms with Crippen molar-refractivity contribution in [2.45, 2.75) is 32.1 Å². The zero-order valence-electron chi connectivity index (χ0n) is 10.4. The maximum Gasteiger partial charge on any atom is 0.303 e. The highest BCUT2D eigenvalue weighted by molar-refractivity contribution is 5.66. The Labute approximate surface area is 104 Å². The maximum absolute atomic E-state index is 13.2. The summed E-state index contributed by atoms with van der Waals surface area (Å²) in [4.78, 5) is 10.4. The number of halogens is 2. The number of carboxylic acids is 1. The SMILES string of the molecule is COc1ccc(C(C)(F)F)cc1CCCC(=O)O. The minimum atomic E-state index is -2.91. The maximum atomic E-state index is 13.2. The number of carboxylic acid groups (broad SMARTS) is 1. The Hall–Kier alpha value is -1.65. The van der Waals surface area contributed by atoms with E-state index in [0.29, 0.717) is 24.2 Å². The normalized spacial score (nSPS) is 11.3. The molecule has 0 aliphatic rings. The average molecular weight is 258 g/mol. The topological polar surface area (TPSA) is 46.5 Å². The van der Waals surface area contributed by atoms with Crippen molar-refractivity contribution < 1.29 is 23.4 Å². The van der Waals surface area contributed by atoms with Gasteiger partial charge in [-0.3, -0.25) is 4.79 Å². The molecule has 1 rings (SSSR count). The van der Waals surface area contributed by atoms with Crippen LogP contribution in [0.25, 0.3) is 0 Å². The fraction of sp³-hybridized carbons (Fsp3) is 0.462. The van der Waals surface area contributed by atoms with Crippen molar-refractivity contribution in [1.82, 2.24) is 0 Å². The molecule has 3 nitrogen and oxygen atoms in total. The Morgan fingerprint density at radius 1 is 1.44 bits per heavy atom. The minimum Gasteiger partial charge on any atom is -0.496 e. The third-order valence-corrected chi connectivity index (χ3v) is 2.62. The van der Waals surface area contributed by atoms with E-state index in [-0.39, 0.29) is 12.0 Å². The van der Waals surface area contributed by atoms with E-state index in [0.717, 1.165) is 6.92 Å². The van der Waals surface area contributed by atoms with Gasteiger partial charge in [-0.25, -0.2) is 8.78 Å². The Balaban J connectivity index is 2.89. The largest absolute Gasteiger partial charge is 0.496 e. The number of alkyl halides is 2. The first-order valence-corrected chi connectivity index (χ1v) is 5.61. The van der Waals surface area contributed by atoms with Crippen LogP contribution in [-0.2, 0) is 17.1 Å². The molecule has 0 aliphatic carbocycles. The molecule has 1 aromatic rings. The van der Waals surface area contributed by atoms with Crippen molar-refractivity contribution in [1.29, 1.82) is 0 Å². The number of hydrogen-bond acceptors (Lipinski definition) is 2. The van der Waals surface area contributed by atoms with Crippen LogP contribution in [-0.4, -0.2) is 18.2 Å². The molecule has 0 unspecified atom stereocenters. The average Bonchev–Trinajstić information content (AvgIpc) is 2.27. The number of aryl methyl sites for hydroxylation is 1. The summed E-state index contributed by atoms with van der Waals surface area (Å²) in [7, 11) is 1.46. The lowest BCUT2D eigenvalue weighted by Crippen LogP contribution is -2.08. The second-order valence-corrected chi connectivity index (χ2v) is 4.16. The standard InChI is InChI=1S/C13H16F2O3/c1-13(14,15)10-6-7-11(18-2)9(8-10)4-3-5-12(16)17/h6-8H,3-5H2,1-2H3,(H,16,17). The van der Waals surface area contributed by atoms with Crippen LogP contribution >= 0.6 is 0 Å². The molecule has 5 heteroatoms. The molecule has 0 saturated carbocycles.